The molecule has 3 aliphatic carbocycles. The maximum atomic E-state index is 13.1. The number of allylic oxidation sites excluding steroid dienone is 2. The van der Waals surface area contributed by atoms with Gasteiger partial charge in [0, 0.05) is 16.8 Å². The fourth-order valence-electron chi connectivity index (χ4n) is 5.02. The van der Waals surface area contributed by atoms with Crippen molar-refractivity contribution in [2.45, 2.75) is 58.5 Å². The van der Waals surface area contributed by atoms with Gasteiger partial charge in [-0.3, -0.25) is 4.79 Å². The average molecular weight is 417 g/mol. The van der Waals surface area contributed by atoms with Crippen molar-refractivity contribution in [1.82, 2.24) is 0 Å². The number of nitrogens with one attached hydrogen (secondary N) is 1. The molecule has 0 saturated heterocycles. The second-order valence-electron chi connectivity index (χ2n) is 8.53. The van der Waals surface area contributed by atoms with Gasteiger partial charge in [-0.1, -0.05) is 18.6 Å². The number of carbonyl (C=O) groups excluding carboxylic acids is 3. The minimum atomic E-state index is -1.18. The van der Waals surface area contributed by atoms with Crippen LogP contribution in [0.2, 0.25) is 0 Å². The van der Waals surface area contributed by atoms with Crippen LogP contribution in [0.25, 0.3) is 0 Å². The molecule has 0 spiro atoms. The van der Waals surface area contributed by atoms with Crippen molar-refractivity contribution in [1.29, 1.82) is 0 Å². The highest BCUT2D eigenvalue weighted by molar-refractivity contribution is 7.17. The molecule has 7 heteroatoms. The second-order valence-corrected chi connectivity index (χ2v) is 9.64. The zero-order chi connectivity index (χ0) is 20.7. The molecule has 29 heavy (non-hydrogen) atoms. The van der Waals surface area contributed by atoms with E-state index in [2.05, 4.69) is 5.32 Å². The van der Waals surface area contributed by atoms with Gasteiger partial charge in [-0.15, -0.1) is 11.3 Å². The third kappa shape index (κ3) is 3.72. The Bertz CT molecular complexity index is 871. The number of hydrogen-bond acceptors (Lipinski definition) is 6. The lowest BCUT2D eigenvalue weighted by Crippen LogP contribution is -2.42. The van der Waals surface area contributed by atoms with Crippen molar-refractivity contribution in [2.24, 2.45) is 23.7 Å². The number of ether oxygens (including phenoxy) is 1. The maximum absolute atomic E-state index is 13.1. The van der Waals surface area contributed by atoms with Gasteiger partial charge in [0.25, 0.3) is 0 Å². The number of carboxylic acids is 1. The molecule has 1 aromatic heterocycles. The fourth-order valence-corrected chi connectivity index (χ4v) is 6.30. The highest BCUT2D eigenvalue weighted by Gasteiger charge is 2.49. The molecule has 0 aromatic carbocycles. The number of anilines is 1. The van der Waals surface area contributed by atoms with E-state index < -0.39 is 23.8 Å². The molecule has 1 aromatic rings. The summed E-state index contributed by atoms with van der Waals surface area (Å²) in [5.41, 5.74) is 1.44. The van der Waals surface area contributed by atoms with Gasteiger partial charge in [0.15, 0.2) is 0 Å². The minimum absolute atomic E-state index is 0.0910. The summed E-state index contributed by atoms with van der Waals surface area (Å²) in [5.74, 6) is -3.65. The minimum Gasteiger partial charge on any atom is -0.550 e. The second kappa shape index (κ2) is 7.94. The third-order valence-electron chi connectivity index (χ3n) is 6.24. The first kappa shape index (κ1) is 20.1. The van der Waals surface area contributed by atoms with Crippen LogP contribution < -0.4 is 10.4 Å². The molecule has 2 bridgehead atoms. The molecule has 1 amide bonds. The van der Waals surface area contributed by atoms with Gasteiger partial charge in [0.1, 0.15) is 5.00 Å². The number of fused-ring (bicyclic) bond motifs is 3. The number of esters is 1. The van der Waals surface area contributed by atoms with Crippen LogP contribution in [-0.4, -0.2) is 23.9 Å². The fraction of sp³-hybridized carbons (Fsp3) is 0.591. The van der Waals surface area contributed by atoms with E-state index in [4.69, 9.17) is 4.74 Å². The number of carbonyl (C=O) groups is 3. The predicted octanol–water partition coefficient (Wildman–Crippen LogP) is 2.71. The van der Waals surface area contributed by atoms with Crippen LogP contribution >= 0.6 is 11.3 Å². The van der Waals surface area contributed by atoms with Crippen LogP contribution in [0.3, 0.4) is 0 Å². The number of amides is 1. The van der Waals surface area contributed by atoms with Gasteiger partial charge < -0.3 is 20.0 Å². The molecular formula is C22H26NO5S-. The number of aryl methyl sites for hydroxylation is 1. The van der Waals surface area contributed by atoms with Gasteiger partial charge in [0.05, 0.1) is 17.6 Å². The van der Waals surface area contributed by atoms with Crippen molar-refractivity contribution in [3.05, 3.63) is 28.2 Å². The molecule has 4 atom stereocenters. The molecule has 6 nitrogen and oxygen atoms in total. The molecule has 0 unspecified atom stereocenters. The summed E-state index contributed by atoms with van der Waals surface area (Å²) in [5, 5.41) is 15.1. The SMILES string of the molecule is CC(C)OC(=O)c1c(NC(=O)[C@@H]2[C@@H](C(=O)[O-])[C@H]3C=C[C@@H]2C3)sc2c1CCCCC2. The Hall–Kier alpha value is -2.15. The van der Waals surface area contributed by atoms with E-state index in [-0.39, 0.29) is 23.8 Å². The number of aliphatic carboxylic acids is 1. The standard InChI is InChI=1S/C22H27NO5S/c1-11(2)28-22(27)18-14-6-4-3-5-7-15(14)29-20(18)23-19(24)16-12-8-9-13(10-12)17(16)21(25)26/h8-9,11-13,16-17H,3-7,10H2,1-2H3,(H,23,24)(H,25,26)/p-1/t12-,13+,16+,17+/m1/s1. The van der Waals surface area contributed by atoms with Crippen molar-refractivity contribution >= 4 is 34.2 Å². The van der Waals surface area contributed by atoms with E-state index in [0.29, 0.717) is 17.0 Å². The molecule has 1 heterocycles. The lowest BCUT2D eigenvalue weighted by molar-refractivity contribution is -0.313. The summed E-state index contributed by atoms with van der Waals surface area (Å²) in [7, 11) is 0. The highest BCUT2D eigenvalue weighted by Crippen LogP contribution is 2.48. The Morgan fingerprint density at radius 3 is 2.48 bits per heavy atom. The van der Waals surface area contributed by atoms with Crippen molar-refractivity contribution in [2.75, 3.05) is 5.32 Å². The summed E-state index contributed by atoms with van der Waals surface area (Å²) in [6, 6.07) is 0. The van der Waals surface area contributed by atoms with Crippen LogP contribution in [0.1, 0.15) is 60.3 Å². The molecule has 1 N–H and O–H groups in total. The van der Waals surface area contributed by atoms with Gasteiger partial charge >= 0.3 is 5.97 Å². The topological polar surface area (TPSA) is 95.5 Å². The molecule has 4 rings (SSSR count). The zero-order valence-corrected chi connectivity index (χ0v) is 17.6. The predicted molar refractivity (Wildman–Crippen MR) is 107 cm³/mol. The van der Waals surface area contributed by atoms with E-state index in [1.54, 1.807) is 13.8 Å². The Morgan fingerprint density at radius 2 is 1.79 bits per heavy atom. The van der Waals surface area contributed by atoms with Gasteiger partial charge in [-0.2, -0.15) is 0 Å². The Kier molecular flexibility index (Phi) is 5.51. The lowest BCUT2D eigenvalue weighted by Gasteiger charge is -2.27. The summed E-state index contributed by atoms with van der Waals surface area (Å²) in [6.45, 7) is 3.60. The van der Waals surface area contributed by atoms with Crippen molar-refractivity contribution in [3.63, 3.8) is 0 Å². The number of rotatable bonds is 5. The molecule has 1 saturated carbocycles. The first-order valence-electron chi connectivity index (χ1n) is 10.4. The van der Waals surface area contributed by atoms with E-state index >= 15 is 0 Å². The number of thiophene rings is 1. The summed E-state index contributed by atoms with van der Waals surface area (Å²) >= 11 is 1.43. The molecule has 3 aliphatic rings. The smallest absolute Gasteiger partial charge is 0.341 e. The van der Waals surface area contributed by atoms with Crippen LogP contribution in [0.4, 0.5) is 5.00 Å². The number of hydrogen-bond donors (Lipinski definition) is 1. The molecule has 1 fully saturated rings. The Morgan fingerprint density at radius 1 is 1.10 bits per heavy atom. The van der Waals surface area contributed by atoms with Crippen LogP contribution in [0.15, 0.2) is 12.2 Å². The lowest BCUT2D eigenvalue weighted by atomic mass is 9.82. The summed E-state index contributed by atoms with van der Waals surface area (Å²) in [4.78, 5) is 38.7. The molecular weight excluding hydrogens is 390 g/mol. The van der Waals surface area contributed by atoms with Gasteiger partial charge in [0.2, 0.25) is 5.91 Å². The molecule has 0 radical (unpaired) electrons. The maximum Gasteiger partial charge on any atom is 0.341 e. The average Bonchev–Trinajstić information content (AvgIpc) is 3.30. The monoisotopic (exact) mass is 416 g/mol. The first-order valence-corrected chi connectivity index (χ1v) is 11.2. The van der Waals surface area contributed by atoms with E-state index in [1.165, 1.54) is 11.3 Å². The molecule has 156 valence electrons. The Labute approximate surface area is 174 Å². The van der Waals surface area contributed by atoms with Gasteiger partial charge in [-0.05, 0) is 63.4 Å². The highest BCUT2D eigenvalue weighted by atomic mass is 32.1. The van der Waals surface area contributed by atoms with Crippen molar-refractivity contribution < 1.29 is 24.2 Å². The van der Waals surface area contributed by atoms with Crippen LogP contribution in [0, 0.1) is 23.7 Å². The number of carboxylic acid groups (broad SMARTS) is 1. The Balaban J connectivity index is 1.64. The molecule has 0 aliphatic heterocycles. The largest absolute Gasteiger partial charge is 0.550 e. The summed E-state index contributed by atoms with van der Waals surface area (Å²) in [6.07, 6.45) is 9.09. The normalized spacial score (nSPS) is 27.6. The van der Waals surface area contributed by atoms with Crippen molar-refractivity contribution in [3.8, 4) is 0 Å². The quantitative estimate of drug-likeness (QED) is 0.452. The third-order valence-corrected chi connectivity index (χ3v) is 7.45. The van der Waals surface area contributed by atoms with Crippen LogP contribution in [-0.2, 0) is 27.2 Å². The van der Waals surface area contributed by atoms with Crippen LogP contribution in [0.5, 0.6) is 0 Å². The first-order chi connectivity index (χ1) is 13.9. The zero-order valence-electron chi connectivity index (χ0n) is 16.7. The summed E-state index contributed by atoms with van der Waals surface area (Å²) < 4.78 is 5.46. The van der Waals surface area contributed by atoms with E-state index in [0.717, 1.165) is 42.5 Å². The van der Waals surface area contributed by atoms with Gasteiger partial charge in [-0.25, -0.2) is 4.79 Å². The van der Waals surface area contributed by atoms with E-state index in [1.807, 2.05) is 12.2 Å². The van der Waals surface area contributed by atoms with E-state index in [9.17, 15) is 19.5 Å².